The summed E-state index contributed by atoms with van der Waals surface area (Å²) in [4.78, 5) is 12.3. The van der Waals surface area contributed by atoms with Crippen molar-refractivity contribution in [3.05, 3.63) is 48.0 Å². The maximum Gasteiger partial charge on any atom is 0.220 e. The van der Waals surface area contributed by atoms with Gasteiger partial charge in [-0.05, 0) is 35.6 Å². The van der Waals surface area contributed by atoms with E-state index in [0.717, 1.165) is 19.3 Å². The quantitative estimate of drug-likeness (QED) is 0.846. The second-order valence-electron chi connectivity index (χ2n) is 6.75. The highest BCUT2D eigenvalue weighted by Gasteiger charge is 2.14. The van der Waals surface area contributed by atoms with Crippen LogP contribution < -0.4 is 5.32 Å². The highest BCUT2D eigenvalue weighted by Crippen LogP contribution is 2.20. The first-order valence-electron chi connectivity index (χ1n) is 9.09. The van der Waals surface area contributed by atoms with Gasteiger partial charge >= 0.3 is 0 Å². The zero-order chi connectivity index (χ0) is 15.9. The predicted octanol–water partition coefficient (Wildman–Crippen LogP) is 5.00. The lowest BCUT2D eigenvalue weighted by atomic mass is 9.96. The van der Waals surface area contributed by atoms with E-state index in [1.54, 1.807) is 0 Å². The number of hydrogen-bond acceptors (Lipinski definition) is 1. The Balaban J connectivity index is 1.55. The minimum Gasteiger partial charge on any atom is -0.353 e. The molecule has 0 unspecified atom stereocenters. The fourth-order valence-corrected chi connectivity index (χ4v) is 3.66. The number of aryl methyl sites for hydroxylation is 1. The van der Waals surface area contributed by atoms with Gasteiger partial charge in [-0.15, -0.1) is 0 Å². The lowest BCUT2D eigenvalue weighted by molar-refractivity contribution is -0.121. The molecule has 122 valence electrons. The molecule has 2 aromatic carbocycles. The summed E-state index contributed by atoms with van der Waals surface area (Å²) in [5, 5.41) is 5.79. The molecule has 0 heterocycles. The molecule has 23 heavy (non-hydrogen) atoms. The van der Waals surface area contributed by atoms with Crippen LogP contribution in [-0.4, -0.2) is 11.9 Å². The van der Waals surface area contributed by atoms with Crippen LogP contribution >= 0.6 is 0 Å². The molecule has 0 aliphatic heterocycles. The number of carbonyl (C=O) groups is 1. The van der Waals surface area contributed by atoms with E-state index in [1.807, 2.05) is 0 Å². The molecular weight excluding hydrogens is 282 g/mol. The lowest BCUT2D eigenvalue weighted by Gasteiger charge is -2.21. The van der Waals surface area contributed by atoms with Gasteiger partial charge in [0.2, 0.25) is 5.91 Å². The molecule has 3 rings (SSSR count). The zero-order valence-electron chi connectivity index (χ0n) is 13.9. The molecule has 0 radical (unpaired) electrons. The second kappa shape index (κ2) is 8.14. The van der Waals surface area contributed by atoms with Crippen LogP contribution in [0.4, 0.5) is 0 Å². The molecule has 2 nitrogen and oxygen atoms in total. The SMILES string of the molecule is O=C(CCc1cccc2ccccc12)NC1CCCCCCC1. The van der Waals surface area contributed by atoms with Crippen LogP contribution in [0, 0.1) is 0 Å². The van der Waals surface area contributed by atoms with E-state index in [-0.39, 0.29) is 5.91 Å². The molecule has 1 N–H and O–H groups in total. The van der Waals surface area contributed by atoms with Crippen molar-refractivity contribution in [3.63, 3.8) is 0 Å². The van der Waals surface area contributed by atoms with Crippen LogP contribution in [0.15, 0.2) is 42.5 Å². The summed E-state index contributed by atoms with van der Waals surface area (Å²) in [5.41, 5.74) is 1.27. The third kappa shape index (κ3) is 4.57. The Morgan fingerprint density at radius 1 is 0.913 bits per heavy atom. The summed E-state index contributed by atoms with van der Waals surface area (Å²) < 4.78 is 0. The summed E-state index contributed by atoms with van der Waals surface area (Å²) in [6.45, 7) is 0. The van der Waals surface area contributed by atoms with Gasteiger partial charge in [-0.1, -0.05) is 74.6 Å². The summed E-state index contributed by atoms with van der Waals surface area (Å²) in [6, 6.07) is 15.2. The lowest BCUT2D eigenvalue weighted by Crippen LogP contribution is -2.35. The van der Waals surface area contributed by atoms with E-state index in [4.69, 9.17) is 0 Å². The Kier molecular flexibility index (Phi) is 5.68. The molecule has 0 bridgehead atoms. The van der Waals surface area contributed by atoms with Gasteiger partial charge in [-0.3, -0.25) is 4.79 Å². The Morgan fingerprint density at radius 2 is 1.61 bits per heavy atom. The Hall–Kier alpha value is -1.83. The summed E-state index contributed by atoms with van der Waals surface area (Å²) in [6.07, 6.45) is 10.2. The van der Waals surface area contributed by atoms with Gasteiger partial charge in [0.05, 0.1) is 0 Å². The van der Waals surface area contributed by atoms with Crippen molar-refractivity contribution in [1.29, 1.82) is 0 Å². The van der Waals surface area contributed by atoms with Crippen LogP contribution in [0.1, 0.15) is 56.9 Å². The topological polar surface area (TPSA) is 29.1 Å². The fraction of sp³-hybridized carbons (Fsp3) is 0.476. The van der Waals surface area contributed by atoms with Gasteiger partial charge in [-0.2, -0.15) is 0 Å². The van der Waals surface area contributed by atoms with Crippen molar-refractivity contribution < 1.29 is 4.79 Å². The average Bonchev–Trinajstić information content (AvgIpc) is 2.55. The standard InChI is InChI=1S/C21H27NO/c23-21(22-19-12-4-2-1-3-5-13-19)16-15-18-11-8-10-17-9-6-7-14-20(17)18/h6-11,14,19H,1-5,12-13,15-16H2,(H,22,23). The predicted molar refractivity (Wildman–Crippen MR) is 96.5 cm³/mol. The maximum absolute atomic E-state index is 12.3. The largest absolute Gasteiger partial charge is 0.353 e. The number of carbonyl (C=O) groups excluding carboxylic acids is 1. The van der Waals surface area contributed by atoms with Gasteiger partial charge < -0.3 is 5.32 Å². The van der Waals surface area contributed by atoms with Crippen LogP contribution in [0.5, 0.6) is 0 Å². The average molecular weight is 309 g/mol. The van der Waals surface area contributed by atoms with Crippen LogP contribution in [0.2, 0.25) is 0 Å². The maximum atomic E-state index is 12.3. The molecule has 1 amide bonds. The minimum absolute atomic E-state index is 0.212. The first-order valence-corrected chi connectivity index (χ1v) is 9.09. The van der Waals surface area contributed by atoms with Gasteiger partial charge in [0, 0.05) is 12.5 Å². The number of benzene rings is 2. The Bertz CT molecular complexity index is 636. The van der Waals surface area contributed by atoms with Gasteiger partial charge in [-0.25, -0.2) is 0 Å². The van der Waals surface area contributed by atoms with Crippen molar-refractivity contribution in [2.75, 3.05) is 0 Å². The molecule has 0 saturated heterocycles. The zero-order valence-corrected chi connectivity index (χ0v) is 13.9. The number of hydrogen-bond donors (Lipinski definition) is 1. The van der Waals surface area contributed by atoms with Gasteiger partial charge in [0.25, 0.3) is 0 Å². The Labute approximate surface area is 139 Å². The van der Waals surface area contributed by atoms with E-state index >= 15 is 0 Å². The first kappa shape index (κ1) is 16.0. The van der Waals surface area contributed by atoms with Crippen molar-refractivity contribution in [1.82, 2.24) is 5.32 Å². The van der Waals surface area contributed by atoms with Crippen molar-refractivity contribution in [3.8, 4) is 0 Å². The number of rotatable bonds is 4. The molecule has 2 heteroatoms. The molecule has 0 aromatic heterocycles. The van der Waals surface area contributed by atoms with E-state index in [2.05, 4.69) is 47.8 Å². The summed E-state index contributed by atoms with van der Waals surface area (Å²) in [5.74, 6) is 0.212. The van der Waals surface area contributed by atoms with Crippen molar-refractivity contribution in [2.24, 2.45) is 0 Å². The monoisotopic (exact) mass is 309 g/mol. The number of fused-ring (bicyclic) bond motifs is 1. The fourth-order valence-electron chi connectivity index (χ4n) is 3.66. The van der Waals surface area contributed by atoms with Crippen molar-refractivity contribution in [2.45, 2.75) is 63.8 Å². The van der Waals surface area contributed by atoms with E-state index in [0.29, 0.717) is 12.5 Å². The highest BCUT2D eigenvalue weighted by molar-refractivity contribution is 5.86. The third-order valence-corrected chi connectivity index (χ3v) is 4.97. The normalized spacial score (nSPS) is 16.7. The first-order chi connectivity index (χ1) is 11.3. The van der Waals surface area contributed by atoms with Crippen LogP contribution in [0.3, 0.4) is 0 Å². The summed E-state index contributed by atoms with van der Waals surface area (Å²) in [7, 11) is 0. The van der Waals surface area contributed by atoms with Crippen LogP contribution in [0.25, 0.3) is 10.8 Å². The third-order valence-electron chi connectivity index (χ3n) is 4.97. The number of amides is 1. The molecule has 1 aliphatic carbocycles. The van der Waals surface area contributed by atoms with Gasteiger partial charge in [0.15, 0.2) is 0 Å². The number of nitrogens with one attached hydrogen (secondary N) is 1. The summed E-state index contributed by atoms with van der Waals surface area (Å²) >= 11 is 0. The van der Waals surface area contributed by atoms with Gasteiger partial charge in [0.1, 0.15) is 0 Å². The molecule has 1 fully saturated rings. The van der Waals surface area contributed by atoms with E-state index < -0.39 is 0 Å². The van der Waals surface area contributed by atoms with Crippen LogP contribution in [-0.2, 0) is 11.2 Å². The molecule has 1 saturated carbocycles. The molecule has 2 aromatic rings. The van der Waals surface area contributed by atoms with Crippen molar-refractivity contribution >= 4 is 16.7 Å². The second-order valence-corrected chi connectivity index (χ2v) is 6.75. The molecular formula is C21H27NO. The van der Waals surface area contributed by atoms with E-state index in [1.165, 1.54) is 48.4 Å². The minimum atomic E-state index is 0.212. The molecule has 0 spiro atoms. The smallest absolute Gasteiger partial charge is 0.220 e. The Morgan fingerprint density at radius 3 is 2.43 bits per heavy atom. The molecule has 0 atom stereocenters. The highest BCUT2D eigenvalue weighted by atomic mass is 16.1. The van der Waals surface area contributed by atoms with E-state index in [9.17, 15) is 4.79 Å². The molecule has 1 aliphatic rings.